The first-order chi connectivity index (χ1) is 13.0. The van der Waals surface area contributed by atoms with Crippen LogP contribution < -0.4 is 15.1 Å². The van der Waals surface area contributed by atoms with E-state index in [4.69, 9.17) is 11.6 Å². The first-order valence-electron chi connectivity index (χ1n) is 8.76. The Morgan fingerprint density at radius 3 is 2.26 bits per heavy atom. The summed E-state index contributed by atoms with van der Waals surface area (Å²) in [6.45, 7) is 0. The Kier molecular flexibility index (Phi) is 4.50. The maximum Gasteiger partial charge on any atom is 0.262 e. The second-order valence-electron chi connectivity index (χ2n) is 6.73. The highest BCUT2D eigenvalue weighted by Gasteiger charge is 2.33. The van der Waals surface area contributed by atoms with Crippen molar-refractivity contribution in [3.05, 3.63) is 88.9 Å². The molecule has 0 bridgehead atoms. The summed E-state index contributed by atoms with van der Waals surface area (Å²) >= 11 is 6.04. The van der Waals surface area contributed by atoms with Crippen LogP contribution >= 0.6 is 11.6 Å². The van der Waals surface area contributed by atoms with E-state index in [1.54, 1.807) is 17.0 Å². The van der Waals surface area contributed by atoms with Crippen LogP contribution in [-0.4, -0.2) is 20.0 Å². The van der Waals surface area contributed by atoms with Crippen molar-refractivity contribution < 1.29 is 4.79 Å². The molecule has 0 saturated heterocycles. The number of benzene rings is 3. The van der Waals surface area contributed by atoms with Gasteiger partial charge in [-0.25, -0.2) is 0 Å². The van der Waals surface area contributed by atoms with Crippen LogP contribution in [0, 0.1) is 0 Å². The average molecular weight is 378 g/mol. The molecule has 0 fully saturated rings. The molecule has 5 heteroatoms. The van der Waals surface area contributed by atoms with Crippen molar-refractivity contribution >= 4 is 34.6 Å². The van der Waals surface area contributed by atoms with Gasteiger partial charge in [0.05, 0.1) is 5.56 Å². The number of anilines is 3. The first kappa shape index (κ1) is 17.4. The lowest BCUT2D eigenvalue weighted by Crippen LogP contribution is -2.43. The van der Waals surface area contributed by atoms with Gasteiger partial charge >= 0.3 is 0 Å². The number of para-hydroxylation sites is 1. The fourth-order valence-electron chi connectivity index (χ4n) is 3.31. The normalized spacial score (nSPS) is 15.9. The third kappa shape index (κ3) is 3.24. The van der Waals surface area contributed by atoms with Crippen LogP contribution in [0.5, 0.6) is 0 Å². The first-order valence-corrected chi connectivity index (χ1v) is 9.14. The fraction of sp³-hybridized carbons (Fsp3) is 0.136. The summed E-state index contributed by atoms with van der Waals surface area (Å²) in [6, 6.07) is 23.2. The molecule has 0 spiro atoms. The number of hydrogen-bond acceptors (Lipinski definition) is 3. The highest BCUT2D eigenvalue weighted by atomic mass is 35.5. The van der Waals surface area contributed by atoms with Crippen molar-refractivity contribution in [2.24, 2.45) is 0 Å². The van der Waals surface area contributed by atoms with Gasteiger partial charge in [-0.05, 0) is 54.1 Å². The standard InChI is InChI=1S/C22H20ClN3O/c1-25(2)17-11-7-15(8-12-17)21-24-20-6-4-3-5-19(20)22(27)26(21)18-13-9-16(23)10-14-18/h3-14,21,24H,1-2H3/t21-/m1/s1. The zero-order valence-corrected chi connectivity index (χ0v) is 15.9. The Balaban J connectivity index is 1.81. The number of nitrogens with one attached hydrogen (secondary N) is 1. The van der Waals surface area contributed by atoms with Crippen molar-refractivity contribution in [3.63, 3.8) is 0 Å². The van der Waals surface area contributed by atoms with E-state index in [2.05, 4.69) is 34.5 Å². The van der Waals surface area contributed by atoms with Crippen molar-refractivity contribution in [2.75, 3.05) is 29.2 Å². The molecular formula is C22H20ClN3O. The summed E-state index contributed by atoms with van der Waals surface area (Å²) in [7, 11) is 4.02. The van der Waals surface area contributed by atoms with Crippen LogP contribution in [-0.2, 0) is 0 Å². The molecule has 1 atom stereocenters. The van der Waals surface area contributed by atoms with Crippen molar-refractivity contribution in [1.82, 2.24) is 0 Å². The Hall–Kier alpha value is -2.98. The lowest BCUT2D eigenvalue weighted by molar-refractivity contribution is 0.0975. The molecule has 4 nitrogen and oxygen atoms in total. The van der Waals surface area contributed by atoms with E-state index in [0.29, 0.717) is 10.6 Å². The number of fused-ring (bicyclic) bond motifs is 1. The second-order valence-corrected chi connectivity index (χ2v) is 7.17. The molecule has 4 rings (SSSR count). The lowest BCUT2D eigenvalue weighted by atomic mass is 10.0. The zero-order chi connectivity index (χ0) is 19.0. The highest BCUT2D eigenvalue weighted by molar-refractivity contribution is 6.30. The van der Waals surface area contributed by atoms with Gasteiger partial charge in [-0.3, -0.25) is 9.69 Å². The van der Waals surface area contributed by atoms with Gasteiger partial charge < -0.3 is 10.2 Å². The SMILES string of the molecule is CN(C)c1ccc([C@@H]2Nc3ccccc3C(=O)N2c2ccc(Cl)cc2)cc1. The predicted octanol–water partition coefficient (Wildman–Crippen LogP) is 5.18. The molecule has 3 aromatic rings. The van der Waals surface area contributed by atoms with E-state index in [-0.39, 0.29) is 12.1 Å². The number of halogens is 1. The summed E-state index contributed by atoms with van der Waals surface area (Å²) in [5.74, 6) is -0.0339. The molecule has 1 heterocycles. The average Bonchev–Trinajstić information content (AvgIpc) is 2.69. The maximum atomic E-state index is 13.3. The summed E-state index contributed by atoms with van der Waals surface area (Å²) in [5.41, 5.74) is 4.42. The predicted molar refractivity (Wildman–Crippen MR) is 112 cm³/mol. The van der Waals surface area contributed by atoms with Gasteiger partial charge in [0.1, 0.15) is 6.17 Å². The number of amides is 1. The summed E-state index contributed by atoms with van der Waals surface area (Å²) in [5, 5.41) is 4.16. The number of carbonyl (C=O) groups is 1. The molecule has 0 saturated carbocycles. The molecule has 1 aliphatic rings. The van der Waals surface area contributed by atoms with Gasteiger partial charge in [0.15, 0.2) is 0 Å². The molecule has 1 N–H and O–H groups in total. The number of carbonyl (C=O) groups excluding carboxylic acids is 1. The molecule has 1 amide bonds. The van der Waals surface area contributed by atoms with Crippen LogP contribution in [0.15, 0.2) is 72.8 Å². The van der Waals surface area contributed by atoms with Crippen LogP contribution in [0.1, 0.15) is 22.1 Å². The van der Waals surface area contributed by atoms with Gasteiger partial charge in [-0.2, -0.15) is 0 Å². The zero-order valence-electron chi connectivity index (χ0n) is 15.2. The number of nitrogens with zero attached hydrogens (tertiary/aromatic N) is 2. The smallest absolute Gasteiger partial charge is 0.262 e. The fourth-order valence-corrected chi connectivity index (χ4v) is 3.44. The van der Waals surface area contributed by atoms with Crippen LogP contribution in [0.2, 0.25) is 5.02 Å². The molecule has 0 aromatic heterocycles. The summed E-state index contributed by atoms with van der Waals surface area (Å²) in [6.07, 6.45) is -0.301. The van der Waals surface area contributed by atoms with Crippen LogP contribution in [0.4, 0.5) is 17.1 Å². The van der Waals surface area contributed by atoms with E-state index in [0.717, 1.165) is 22.6 Å². The minimum Gasteiger partial charge on any atom is -0.378 e. The summed E-state index contributed by atoms with van der Waals surface area (Å²) in [4.78, 5) is 17.1. The lowest BCUT2D eigenvalue weighted by Gasteiger charge is -2.38. The van der Waals surface area contributed by atoms with E-state index in [9.17, 15) is 4.79 Å². The topological polar surface area (TPSA) is 35.6 Å². The van der Waals surface area contributed by atoms with Gasteiger partial charge in [-0.1, -0.05) is 35.9 Å². The highest BCUT2D eigenvalue weighted by Crippen LogP contribution is 2.37. The Morgan fingerprint density at radius 1 is 0.926 bits per heavy atom. The van der Waals surface area contributed by atoms with Crippen LogP contribution in [0.25, 0.3) is 0 Å². The molecule has 1 aliphatic heterocycles. The monoisotopic (exact) mass is 377 g/mol. The third-order valence-electron chi connectivity index (χ3n) is 4.76. The van der Waals surface area contributed by atoms with Crippen molar-refractivity contribution in [2.45, 2.75) is 6.17 Å². The molecule has 0 radical (unpaired) electrons. The van der Waals surface area contributed by atoms with Crippen molar-refractivity contribution in [1.29, 1.82) is 0 Å². The minimum atomic E-state index is -0.301. The second kappa shape index (κ2) is 6.97. The molecule has 27 heavy (non-hydrogen) atoms. The molecular weight excluding hydrogens is 358 g/mol. The summed E-state index contributed by atoms with van der Waals surface area (Å²) < 4.78 is 0. The van der Waals surface area contributed by atoms with E-state index < -0.39 is 0 Å². The van der Waals surface area contributed by atoms with E-state index >= 15 is 0 Å². The molecule has 3 aromatic carbocycles. The third-order valence-corrected chi connectivity index (χ3v) is 5.01. The maximum absolute atomic E-state index is 13.3. The Bertz CT molecular complexity index is 968. The van der Waals surface area contributed by atoms with Gasteiger partial charge in [0.2, 0.25) is 0 Å². The number of hydrogen-bond donors (Lipinski definition) is 1. The van der Waals surface area contributed by atoms with Crippen LogP contribution in [0.3, 0.4) is 0 Å². The van der Waals surface area contributed by atoms with Gasteiger partial charge in [-0.15, -0.1) is 0 Å². The molecule has 0 aliphatic carbocycles. The van der Waals surface area contributed by atoms with Gasteiger partial charge in [0.25, 0.3) is 5.91 Å². The Labute approximate surface area is 164 Å². The van der Waals surface area contributed by atoms with Gasteiger partial charge in [0, 0.05) is 36.2 Å². The molecule has 0 unspecified atom stereocenters. The number of rotatable bonds is 3. The van der Waals surface area contributed by atoms with E-state index in [1.165, 1.54) is 0 Å². The molecule has 136 valence electrons. The minimum absolute atomic E-state index is 0.0339. The quantitative estimate of drug-likeness (QED) is 0.683. The van der Waals surface area contributed by atoms with Crippen molar-refractivity contribution in [3.8, 4) is 0 Å². The van der Waals surface area contributed by atoms with E-state index in [1.807, 2.05) is 50.5 Å². The Morgan fingerprint density at radius 2 is 1.59 bits per heavy atom. The largest absolute Gasteiger partial charge is 0.378 e.